The third-order valence-corrected chi connectivity index (χ3v) is 7.27. The molecule has 0 aliphatic carbocycles. The van der Waals surface area contributed by atoms with Crippen LogP contribution in [0.15, 0.2) is 94.5 Å². The molecule has 0 spiro atoms. The molecule has 0 unspecified atom stereocenters. The van der Waals surface area contributed by atoms with E-state index in [1.807, 2.05) is 12.1 Å². The topological polar surface area (TPSA) is 114 Å². The van der Waals surface area contributed by atoms with E-state index < -0.39 is 5.91 Å². The van der Waals surface area contributed by atoms with Gasteiger partial charge in [-0.25, -0.2) is 0 Å². The molecule has 1 fully saturated rings. The van der Waals surface area contributed by atoms with Crippen molar-refractivity contribution >= 4 is 45.9 Å². The van der Waals surface area contributed by atoms with E-state index >= 15 is 0 Å². The second kappa shape index (κ2) is 11.1. The Kier molecular flexibility index (Phi) is 7.09. The lowest BCUT2D eigenvalue weighted by atomic mass is 10.0. The van der Waals surface area contributed by atoms with Gasteiger partial charge in [-0.15, -0.1) is 0 Å². The summed E-state index contributed by atoms with van der Waals surface area (Å²) in [5.74, 6) is -0.459. The van der Waals surface area contributed by atoms with Crippen molar-refractivity contribution < 1.29 is 19.1 Å². The van der Waals surface area contributed by atoms with E-state index in [-0.39, 0.29) is 17.4 Å². The van der Waals surface area contributed by atoms with Crippen LogP contribution in [0.5, 0.6) is 5.88 Å². The number of hydrogen-bond acceptors (Lipinski definition) is 7. The molecule has 6 rings (SSSR count). The lowest BCUT2D eigenvalue weighted by Gasteiger charge is -2.34. The molecule has 1 saturated heterocycles. The van der Waals surface area contributed by atoms with Crippen LogP contribution < -0.4 is 10.2 Å². The minimum absolute atomic E-state index is 0.0231. The maximum atomic E-state index is 13.3. The Morgan fingerprint density at radius 3 is 2.49 bits per heavy atom. The molecule has 9 nitrogen and oxygen atoms in total. The van der Waals surface area contributed by atoms with E-state index in [0.29, 0.717) is 27.9 Å². The SMILES string of the molecule is CN1CCN(c2ccc(N=Cc3c(O)[nH]c4cc(C(=O)c5cccc(NC(=O)c6ccco6)c5)ccc34)cc2)CC1. The molecule has 0 radical (unpaired) electrons. The lowest BCUT2D eigenvalue weighted by molar-refractivity contribution is 0.0994. The molecular weight excluding hydrogens is 518 g/mol. The van der Waals surface area contributed by atoms with Crippen LogP contribution in [0.25, 0.3) is 10.9 Å². The van der Waals surface area contributed by atoms with Gasteiger partial charge >= 0.3 is 0 Å². The number of rotatable bonds is 7. The summed E-state index contributed by atoms with van der Waals surface area (Å²) in [6.07, 6.45) is 3.05. The van der Waals surface area contributed by atoms with Crippen molar-refractivity contribution in [3.8, 4) is 5.88 Å². The number of piperazine rings is 1. The predicted octanol–water partition coefficient (Wildman–Crippen LogP) is 5.45. The number of nitrogens with one attached hydrogen (secondary N) is 2. The largest absolute Gasteiger partial charge is 0.494 e. The first-order chi connectivity index (χ1) is 19.9. The van der Waals surface area contributed by atoms with Crippen molar-refractivity contribution in [1.29, 1.82) is 0 Å². The zero-order chi connectivity index (χ0) is 28.3. The molecule has 5 aromatic rings. The summed E-state index contributed by atoms with van der Waals surface area (Å²) in [5.41, 5.74) is 4.45. The van der Waals surface area contributed by atoms with E-state index in [1.165, 1.54) is 12.0 Å². The van der Waals surface area contributed by atoms with Gasteiger partial charge < -0.3 is 29.6 Å². The first kappa shape index (κ1) is 26.1. The van der Waals surface area contributed by atoms with Crippen LogP contribution in [0, 0.1) is 0 Å². The molecule has 1 aliphatic rings. The molecule has 1 aliphatic heterocycles. The first-order valence-electron chi connectivity index (χ1n) is 13.4. The van der Waals surface area contributed by atoms with E-state index in [0.717, 1.165) is 37.3 Å². The summed E-state index contributed by atoms with van der Waals surface area (Å²) in [5, 5.41) is 14.1. The molecule has 9 heteroatoms. The third kappa shape index (κ3) is 5.61. The summed E-state index contributed by atoms with van der Waals surface area (Å²) >= 11 is 0. The number of aromatic nitrogens is 1. The number of hydrogen-bond donors (Lipinski definition) is 3. The van der Waals surface area contributed by atoms with Crippen LogP contribution in [0.4, 0.5) is 17.1 Å². The molecule has 41 heavy (non-hydrogen) atoms. The van der Waals surface area contributed by atoms with E-state index in [4.69, 9.17) is 4.42 Å². The molecule has 3 aromatic carbocycles. The number of ketones is 1. The third-order valence-electron chi connectivity index (χ3n) is 7.27. The number of anilines is 2. The van der Waals surface area contributed by atoms with E-state index in [1.54, 1.807) is 60.8 Å². The van der Waals surface area contributed by atoms with E-state index in [2.05, 4.69) is 44.3 Å². The number of fused-ring (bicyclic) bond motifs is 1. The van der Waals surface area contributed by atoms with Gasteiger partial charge in [0.15, 0.2) is 17.4 Å². The van der Waals surface area contributed by atoms with Gasteiger partial charge in [-0.05, 0) is 61.6 Å². The Bertz CT molecular complexity index is 1730. The van der Waals surface area contributed by atoms with Crippen molar-refractivity contribution in [2.24, 2.45) is 4.99 Å². The van der Waals surface area contributed by atoms with Gasteiger partial charge in [-0.2, -0.15) is 0 Å². The van der Waals surface area contributed by atoms with Gasteiger partial charge in [-0.1, -0.05) is 24.3 Å². The molecular formula is C32H29N5O4. The summed E-state index contributed by atoms with van der Waals surface area (Å²) < 4.78 is 5.12. The van der Waals surface area contributed by atoms with Crippen LogP contribution in [0.1, 0.15) is 32.0 Å². The number of H-pyrrole nitrogens is 1. The molecule has 3 N–H and O–H groups in total. The first-order valence-corrected chi connectivity index (χ1v) is 13.4. The maximum Gasteiger partial charge on any atom is 0.291 e. The minimum Gasteiger partial charge on any atom is -0.494 e. The highest BCUT2D eigenvalue weighted by Crippen LogP contribution is 2.29. The average Bonchev–Trinajstić information content (AvgIpc) is 3.64. The molecule has 0 atom stereocenters. The van der Waals surface area contributed by atoms with Gasteiger partial charge in [0.25, 0.3) is 5.91 Å². The number of furan rings is 1. The fourth-order valence-corrected chi connectivity index (χ4v) is 4.94. The summed E-state index contributed by atoms with van der Waals surface area (Å²) in [6, 6.07) is 23.2. The number of amides is 1. The van der Waals surface area contributed by atoms with Gasteiger partial charge in [0.05, 0.1) is 17.5 Å². The van der Waals surface area contributed by atoms with Crippen LogP contribution in [0.3, 0.4) is 0 Å². The Balaban J connectivity index is 1.17. The molecule has 2 aromatic heterocycles. The van der Waals surface area contributed by atoms with Gasteiger partial charge in [0, 0.05) is 65.8 Å². The number of carbonyl (C=O) groups excluding carboxylic acids is 2. The number of aromatic hydroxyl groups is 1. The highest BCUT2D eigenvalue weighted by Gasteiger charge is 2.16. The standard InChI is InChI=1S/C32H29N5O4/c1-36-13-15-37(16-14-36)25-10-8-23(9-11-25)33-20-27-26-12-7-22(19-28(26)35-31(27)39)30(38)21-4-2-5-24(18-21)34-32(40)29-6-3-17-41-29/h2-12,17-20,35,39H,13-16H2,1H3,(H,34,40). The predicted molar refractivity (Wildman–Crippen MR) is 160 cm³/mol. The van der Waals surface area contributed by atoms with Crippen LogP contribution >= 0.6 is 0 Å². The zero-order valence-electron chi connectivity index (χ0n) is 22.5. The highest BCUT2D eigenvalue weighted by atomic mass is 16.3. The van der Waals surface area contributed by atoms with Crippen molar-refractivity contribution in [3.05, 3.63) is 108 Å². The molecule has 0 bridgehead atoms. The van der Waals surface area contributed by atoms with E-state index in [9.17, 15) is 14.7 Å². The number of aromatic amines is 1. The quantitative estimate of drug-likeness (QED) is 0.184. The van der Waals surface area contributed by atoms with Crippen LogP contribution in [-0.2, 0) is 0 Å². The van der Waals surface area contributed by atoms with Crippen molar-refractivity contribution in [1.82, 2.24) is 9.88 Å². The summed E-state index contributed by atoms with van der Waals surface area (Å²) in [4.78, 5) is 37.8. The summed E-state index contributed by atoms with van der Waals surface area (Å²) in [7, 11) is 2.14. The number of nitrogens with zero attached hydrogens (tertiary/aromatic N) is 3. The number of carbonyl (C=O) groups is 2. The monoisotopic (exact) mass is 547 g/mol. The fourth-order valence-electron chi connectivity index (χ4n) is 4.94. The van der Waals surface area contributed by atoms with Crippen molar-refractivity contribution in [3.63, 3.8) is 0 Å². The molecule has 206 valence electrons. The fraction of sp³-hybridized carbons (Fsp3) is 0.156. The summed E-state index contributed by atoms with van der Waals surface area (Å²) in [6.45, 7) is 4.09. The van der Waals surface area contributed by atoms with Crippen molar-refractivity contribution in [2.75, 3.05) is 43.4 Å². The minimum atomic E-state index is -0.400. The number of benzene rings is 3. The number of aliphatic imine (C=N–C) groups is 1. The lowest BCUT2D eigenvalue weighted by Crippen LogP contribution is -2.44. The normalized spacial score (nSPS) is 14.1. The molecule has 3 heterocycles. The molecule has 1 amide bonds. The Morgan fingerprint density at radius 2 is 1.73 bits per heavy atom. The average molecular weight is 548 g/mol. The smallest absolute Gasteiger partial charge is 0.291 e. The van der Waals surface area contributed by atoms with Gasteiger partial charge in [-0.3, -0.25) is 14.6 Å². The van der Waals surface area contributed by atoms with Crippen LogP contribution in [-0.4, -0.2) is 66.1 Å². The Morgan fingerprint density at radius 1 is 0.951 bits per heavy atom. The highest BCUT2D eigenvalue weighted by molar-refractivity contribution is 6.12. The zero-order valence-corrected chi connectivity index (χ0v) is 22.5. The van der Waals surface area contributed by atoms with Gasteiger partial charge in [0.2, 0.25) is 0 Å². The molecule has 0 saturated carbocycles. The van der Waals surface area contributed by atoms with Crippen molar-refractivity contribution in [2.45, 2.75) is 0 Å². The Hall–Kier alpha value is -5.15. The number of likely N-dealkylation sites (N-methyl/N-ethyl adjacent to an activating group) is 1. The second-order valence-electron chi connectivity index (χ2n) is 10.1. The Labute approximate surface area is 236 Å². The second-order valence-corrected chi connectivity index (χ2v) is 10.1. The van der Waals surface area contributed by atoms with Crippen LogP contribution in [0.2, 0.25) is 0 Å². The van der Waals surface area contributed by atoms with Gasteiger partial charge in [0.1, 0.15) is 0 Å². The maximum absolute atomic E-state index is 13.3.